The summed E-state index contributed by atoms with van der Waals surface area (Å²) in [6.45, 7) is 2.40. The number of carbonyl (C=O) groups excluding carboxylic acids is 1. The van der Waals surface area contributed by atoms with Gasteiger partial charge in [-0.3, -0.25) is 4.79 Å². The molecule has 2 atom stereocenters. The number of aliphatic carboxylic acids is 1. The van der Waals surface area contributed by atoms with E-state index in [0.29, 0.717) is 11.4 Å². The summed E-state index contributed by atoms with van der Waals surface area (Å²) in [5.41, 5.74) is 0. The van der Waals surface area contributed by atoms with Crippen molar-refractivity contribution < 1.29 is 14.7 Å². The number of likely N-dealkylation sites (tertiary alicyclic amines) is 1. The van der Waals surface area contributed by atoms with E-state index in [-0.39, 0.29) is 11.8 Å². The van der Waals surface area contributed by atoms with E-state index in [1.165, 1.54) is 16.2 Å². The summed E-state index contributed by atoms with van der Waals surface area (Å²) in [7, 11) is 0. The summed E-state index contributed by atoms with van der Waals surface area (Å²) in [5.74, 6) is -1.07. The zero-order valence-electron chi connectivity index (χ0n) is 11.1. The van der Waals surface area contributed by atoms with Gasteiger partial charge in [-0.15, -0.1) is 11.3 Å². The van der Waals surface area contributed by atoms with Crippen LogP contribution in [0.4, 0.5) is 0 Å². The van der Waals surface area contributed by atoms with Gasteiger partial charge in [0.1, 0.15) is 6.04 Å². The Balaban J connectivity index is 1.93. The quantitative estimate of drug-likeness (QED) is 0.925. The molecule has 1 saturated heterocycles. The minimum atomic E-state index is -0.913. The predicted molar refractivity (Wildman–Crippen MR) is 78.1 cm³/mol. The van der Waals surface area contributed by atoms with E-state index in [1.54, 1.807) is 0 Å². The molecule has 1 fully saturated rings. The van der Waals surface area contributed by atoms with Crippen LogP contribution >= 0.6 is 11.3 Å². The zero-order chi connectivity index (χ0) is 14.3. The number of benzene rings is 1. The van der Waals surface area contributed by atoms with E-state index in [9.17, 15) is 14.7 Å². The van der Waals surface area contributed by atoms with Crippen molar-refractivity contribution in [3.05, 3.63) is 35.2 Å². The van der Waals surface area contributed by atoms with Crippen molar-refractivity contribution in [2.75, 3.05) is 6.54 Å². The molecular weight excluding hydrogens is 274 g/mol. The number of carboxylic acids is 1. The van der Waals surface area contributed by atoms with Crippen molar-refractivity contribution in [1.29, 1.82) is 0 Å². The number of carboxylic acid groups (broad SMARTS) is 1. The number of carbonyl (C=O) groups is 2. The molecular formula is C15H15NO3S. The normalized spacial score (nSPS) is 22.4. The molecule has 0 saturated carbocycles. The van der Waals surface area contributed by atoms with E-state index in [2.05, 4.69) is 0 Å². The lowest BCUT2D eigenvalue weighted by molar-refractivity contribution is -0.142. The molecule has 4 nitrogen and oxygen atoms in total. The summed E-state index contributed by atoms with van der Waals surface area (Å²) < 4.78 is 1.05. The van der Waals surface area contributed by atoms with Crippen molar-refractivity contribution in [2.45, 2.75) is 19.4 Å². The molecule has 2 unspecified atom stereocenters. The Hall–Kier alpha value is -1.88. The summed E-state index contributed by atoms with van der Waals surface area (Å²) in [4.78, 5) is 26.0. The molecule has 2 heterocycles. The third-order valence-corrected chi connectivity index (χ3v) is 4.95. The molecule has 0 aliphatic carbocycles. The molecule has 1 aromatic carbocycles. The average molecular weight is 289 g/mol. The number of hydrogen-bond acceptors (Lipinski definition) is 3. The second-order valence-electron chi connectivity index (χ2n) is 5.20. The first kappa shape index (κ1) is 13.1. The van der Waals surface area contributed by atoms with E-state index in [1.807, 2.05) is 37.3 Å². The third-order valence-electron chi connectivity index (χ3n) is 3.85. The first-order valence-electron chi connectivity index (χ1n) is 6.60. The first-order chi connectivity index (χ1) is 9.58. The van der Waals surface area contributed by atoms with E-state index >= 15 is 0 Å². The Kier molecular flexibility index (Phi) is 3.22. The van der Waals surface area contributed by atoms with Gasteiger partial charge in [0, 0.05) is 11.2 Å². The molecule has 0 spiro atoms. The maximum absolute atomic E-state index is 12.6. The largest absolute Gasteiger partial charge is 0.480 e. The van der Waals surface area contributed by atoms with Gasteiger partial charge in [-0.25, -0.2) is 4.79 Å². The Labute approximate surface area is 120 Å². The molecule has 1 aliphatic rings. The van der Waals surface area contributed by atoms with Crippen LogP contribution in [0.2, 0.25) is 0 Å². The van der Waals surface area contributed by atoms with Gasteiger partial charge in [0.15, 0.2) is 0 Å². The Morgan fingerprint density at radius 1 is 1.35 bits per heavy atom. The van der Waals surface area contributed by atoms with Crippen LogP contribution in [0.5, 0.6) is 0 Å². The summed E-state index contributed by atoms with van der Waals surface area (Å²) in [6.07, 6.45) is 0.744. The lowest BCUT2D eigenvalue weighted by atomic mass is 10.0. The predicted octanol–water partition coefficient (Wildman–Crippen LogP) is 2.84. The maximum Gasteiger partial charge on any atom is 0.326 e. The molecule has 0 bridgehead atoms. The fraction of sp³-hybridized carbons (Fsp3) is 0.333. The molecule has 2 aromatic rings. The monoisotopic (exact) mass is 289 g/mol. The van der Waals surface area contributed by atoms with Crippen LogP contribution in [0.1, 0.15) is 23.0 Å². The number of rotatable bonds is 2. The summed E-state index contributed by atoms with van der Waals surface area (Å²) in [6, 6.07) is 8.95. The second-order valence-corrected chi connectivity index (χ2v) is 6.28. The van der Waals surface area contributed by atoms with Gasteiger partial charge in [-0.2, -0.15) is 0 Å². The Bertz CT molecular complexity index is 646. The Morgan fingerprint density at radius 2 is 2.10 bits per heavy atom. The molecule has 20 heavy (non-hydrogen) atoms. The first-order valence-corrected chi connectivity index (χ1v) is 7.42. The number of thiophene rings is 1. The molecule has 104 valence electrons. The third kappa shape index (κ3) is 2.08. The highest BCUT2D eigenvalue weighted by Gasteiger charge is 2.40. The number of amides is 1. The van der Waals surface area contributed by atoms with Gasteiger partial charge in [-0.1, -0.05) is 25.1 Å². The molecule has 3 rings (SSSR count). The summed E-state index contributed by atoms with van der Waals surface area (Å²) >= 11 is 1.42. The van der Waals surface area contributed by atoms with Crippen LogP contribution in [-0.4, -0.2) is 34.5 Å². The van der Waals surface area contributed by atoms with E-state index in [0.717, 1.165) is 16.5 Å². The molecule has 1 amide bonds. The SMILES string of the molecule is CC1CCN(C(=O)c2cc3ccccc3s2)C1C(=O)O. The lowest BCUT2D eigenvalue weighted by Gasteiger charge is -2.22. The van der Waals surface area contributed by atoms with Crippen LogP contribution in [0.25, 0.3) is 10.1 Å². The highest BCUT2D eigenvalue weighted by atomic mass is 32.1. The molecule has 0 radical (unpaired) electrons. The highest BCUT2D eigenvalue weighted by molar-refractivity contribution is 7.20. The fourth-order valence-corrected chi connectivity index (χ4v) is 3.80. The van der Waals surface area contributed by atoms with Crippen molar-refractivity contribution in [1.82, 2.24) is 4.90 Å². The Morgan fingerprint density at radius 3 is 2.80 bits per heavy atom. The lowest BCUT2D eigenvalue weighted by Crippen LogP contribution is -2.42. The minimum absolute atomic E-state index is 0.00540. The fourth-order valence-electron chi connectivity index (χ4n) is 2.78. The van der Waals surface area contributed by atoms with Gasteiger partial charge in [0.2, 0.25) is 0 Å². The highest BCUT2D eigenvalue weighted by Crippen LogP contribution is 2.30. The van der Waals surface area contributed by atoms with Gasteiger partial charge < -0.3 is 10.0 Å². The van der Waals surface area contributed by atoms with Crippen LogP contribution < -0.4 is 0 Å². The minimum Gasteiger partial charge on any atom is -0.480 e. The number of fused-ring (bicyclic) bond motifs is 1. The van der Waals surface area contributed by atoms with Crippen LogP contribution in [0, 0.1) is 5.92 Å². The van der Waals surface area contributed by atoms with Gasteiger partial charge in [-0.05, 0) is 29.9 Å². The molecule has 1 aromatic heterocycles. The van der Waals surface area contributed by atoms with E-state index in [4.69, 9.17) is 0 Å². The topological polar surface area (TPSA) is 57.6 Å². The number of nitrogens with zero attached hydrogens (tertiary/aromatic N) is 1. The van der Waals surface area contributed by atoms with E-state index < -0.39 is 12.0 Å². The van der Waals surface area contributed by atoms with Crippen LogP contribution in [-0.2, 0) is 4.79 Å². The second kappa shape index (κ2) is 4.90. The van der Waals surface area contributed by atoms with Crippen molar-refractivity contribution in [2.24, 2.45) is 5.92 Å². The zero-order valence-corrected chi connectivity index (χ0v) is 11.9. The van der Waals surface area contributed by atoms with Crippen molar-refractivity contribution in [3.63, 3.8) is 0 Å². The van der Waals surface area contributed by atoms with Gasteiger partial charge >= 0.3 is 5.97 Å². The average Bonchev–Trinajstić information content (AvgIpc) is 3.00. The molecule has 1 N–H and O–H groups in total. The molecule has 5 heteroatoms. The van der Waals surface area contributed by atoms with Crippen molar-refractivity contribution >= 4 is 33.3 Å². The summed E-state index contributed by atoms with van der Waals surface area (Å²) in [5, 5.41) is 10.3. The molecule has 1 aliphatic heterocycles. The maximum atomic E-state index is 12.6. The van der Waals surface area contributed by atoms with Gasteiger partial charge in [0.25, 0.3) is 5.91 Å². The van der Waals surface area contributed by atoms with Crippen LogP contribution in [0.15, 0.2) is 30.3 Å². The van der Waals surface area contributed by atoms with Crippen molar-refractivity contribution in [3.8, 4) is 0 Å². The smallest absolute Gasteiger partial charge is 0.326 e. The number of hydrogen-bond donors (Lipinski definition) is 1. The van der Waals surface area contributed by atoms with Crippen LogP contribution in [0.3, 0.4) is 0 Å². The van der Waals surface area contributed by atoms with Gasteiger partial charge in [0.05, 0.1) is 4.88 Å². The standard InChI is InChI=1S/C15H15NO3S/c1-9-6-7-16(13(9)15(18)19)14(17)12-8-10-4-2-3-5-11(10)20-12/h2-5,8-9,13H,6-7H2,1H3,(H,18,19).